The summed E-state index contributed by atoms with van der Waals surface area (Å²) < 4.78 is 0. The molecule has 11 rings (SSSR count). The molecule has 0 aliphatic heterocycles. The smallest absolute Gasteiger partial charge is 0.0540 e. The van der Waals surface area contributed by atoms with E-state index in [-0.39, 0.29) is 10.8 Å². The molecule has 0 amide bonds. The van der Waals surface area contributed by atoms with E-state index in [9.17, 15) is 0 Å². The summed E-state index contributed by atoms with van der Waals surface area (Å²) in [6.07, 6.45) is 0. The van der Waals surface area contributed by atoms with Crippen LogP contribution in [-0.4, -0.2) is 0 Å². The molecule has 9 aromatic carbocycles. The minimum Gasteiger partial charge on any atom is -0.309 e. The third-order valence-electron chi connectivity index (χ3n) is 13.3. The Hall–Kier alpha value is -6.96. The topological polar surface area (TPSA) is 3.24 Å². The van der Waals surface area contributed by atoms with Crippen molar-refractivity contribution in [2.75, 3.05) is 4.90 Å². The van der Waals surface area contributed by atoms with Crippen molar-refractivity contribution in [2.45, 2.75) is 38.5 Å². The first kappa shape index (κ1) is 35.2. The molecule has 0 spiro atoms. The second-order valence-electron chi connectivity index (χ2n) is 17.3. The number of hydrogen-bond donors (Lipinski definition) is 0. The van der Waals surface area contributed by atoms with Gasteiger partial charge in [-0.3, -0.25) is 0 Å². The number of fused-ring (bicyclic) bond motifs is 7. The predicted molar refractivity (Wildman–Crippen MR) is 250 cm³/mol. The van der Waals surface area contributed by atoms with Gasteiger partial charge in [-0.1, -0.05) is 198 Å². The first-order chi connectivity index (χ1) is 28.8. The molecule has 0 N–H and O–H groups in total. The van der Waals surface area contributed by atoms with Gasteiger partial charge in [0.25, 0.3) is 0 Å². The van der Waals surface area contributed by atoms with Gasteiger partial charge in [-0.2, -0.15) is 0 Å². The summed E-state index contributed by atoms with van der Waals surface area (Å²) >= 11 is 0. The standard InChI is InChI=1S/C58H45N/c1-57(2)51-34-30-40(36-49(51)56-44(26-17-28-52(56)57)39-20-9-6-10-21-39)42-33-35-55(48-25-12-11-23-45(42)48)59(54-29-16-14-22-43(54)38-18-7-5-8-19-38)41-31-32-47-46-24-13-15-27-50(46)58(3,4)53(47)37-41/h5-37H,1-4H3. The normalized spacial score (nSPS) is 14.0. The Balaban J connectivity index is 1.12. The summed E-state index contributed by atoms with van der Waals surface area (Å²) in [6, 6.07) is 74.3. The first-order valence-corrected chi connectivity index (χ1v) is 20.9. The van der Waals surface area contributed by atoms with Crippen molar-refractivity contribution < 1.29 is 0 Å². The maximum absolute atomic E-state index is 2.50. The van der Waals surface area contributed by atoms with Crippen LogP contribution in [-0.2, 0) is 10.8 Å². The van der Waals surface area contributed by atoms with Crippen molar-refractivity contribution in [1.82, 2.24) is 0 Å². The van der Waals surface area contributed by atoms with Crippen molar-refractivity contribution in [3.63, 3.8) is 0 Å². The predicted octanol–water partition coefficient (Wildman–Crippen LogP) is 15.9. The first-order valence-electron chi connectivity index (χ1n) is 20.9. The summed E-state index contributed by atoms with van der Waals surface area (Å²) in [7, 11) is 0. The molecule has 0 atom stereocenters. The van der Waals surface area contributed by atoms with E-state index in [1.165, 1.54) is 88.7 Å². The fourth-order valence-electron chi connectivity index (χ4n) is 10.3. The average Bonchev–Trinajstić information content (AvgIpc) is 3.66. The van der Waals surface area contributed by atoms with E-state index in [0.29, 0.717) is 0 Å². The highest BCUT2D eigenvalue weighted by atomic mass is 15.1. The lowest BCUT2D eigenvalue weighted by atomic mass is 9.81. The van der Waals surface area contributed by atoms with Crippen LogP contribution in [0.15, 0.2) is 200 Å². The van der Waals surface area contributed by atoms with Gasteiger partial charge in [0, 0.05) is 27.5 Å². The number of para-hydroxylation sites is 1. The van der Waals surface area contributed by atoms with Gasteiger partial charge in [-0.15, -0.1) is 0 Å². The Morgan fingerprint density at radius 3 is 1.64 bits per heavy atom. The number of anilines is 3. The van der Waals surface area contributed by atoms with E-state index in [4.69, 9.17) is 0 Å². The number of benzene rings is 9. The van der Waals surface area contributed by atoms with Crippen molar-refractivity contribution in [3.05, 3.63) is 222 Å². The van der Waals surface area contributed by atoms with E-state index in [1.807, 2.05) is 0 Å². The van der Waals surface area contributed by atoms with Crippen molar-refractivity contribution in [3.8, 4) is 55.6 Å². The molecule has 2 aliphatic carbocycles. The molecular weight excluding hydrogens is 711 g/mol. The molecule has 2 aliphatic rings. The van der Waals surface area contributed by atoms with Gasteiger partial charge in [-0.05, 0) is 108 Å². The van der Waals surface area contributed by atoms with Crippen molar-refractivity contribution in [1.29, 1.82) is 0 Å². The van der Waals surface area contributed by atoms with Gasteiger partial charge in [0.1, 0.15) is 0 Å². The van der Waals surface area contributed by atoms with Gasteiger partial charge in [0.05, 0.1) is 11.4 Å². The molecule has 1 nitrogen and oxygen atoms in total. The second-order valence-corrected chi connectivity index (χ2v) is 17.3. The zero-order valence-corrected chi connectivity index (χ0v) is 34.0. The monoisotopic (exact) mass is 755 g/mol. The van der Waals surface area contributed by atoms with Gasteiger partial charge >= 0.3 is 0 Å². The fraction of sp³-hybridized carbons (Fsp3) is 0.103. The molecule has 9 aromatic rings. The average molecular weight is 756 g/mol. The molecule has 0 radical (unpaired) electrons. The highest BCUT2D eigenvalue weighted by Gasteiger charge is 2.38. The van der Waals surface area contributed by atoms with Gasteiger partial charge in [0.2, 0.25) is 0 Å². The van der Waals surface area contributed by atoms with Crippen LogP contribution in [0.25, 0.3) is 66.4 Å². The van der Waals surface area contributed by atoms with Crippen LogP contribution in [0.3, 0.4) is 0 Å². The number of hydrogen-bond acceptors (Lipinski definition) is 1. The zero-order chi connectivity index (χ0) is 39.9. The van der Waals surface area contributed by atoms with Crippen LogP contribution in [0.1, 0.15) is 49.9 Å². The van der Waals surface area contributed by atoms with Crippen LogP contribution in [0.5, 0.6) is 0 Å². The minimum atomic E-state index is -0.125. The van der Waals surface area contributed by atoms with E-state index in [0.717, 1.165) is 17.1 Å². The summed E-state index contributed by atoms with van der Waals surface area (Å²) in [5.41, 5.74) is 21.5. The minimum absolute atomic E-state index is 0.0989. The van der Waals surface area contributed by atoms with Crippen LogP contribution in [0, 0.1) is 0 Å². The summed E-state index contributed by atoms with van der Waals surface area (Å²) in [5.74, 6) is 0. The molecule has 0 heterocycles. The van der Waals surface area contributed by atoms with Crippen LogP contribution >= 0.6 is 0 Å². The number of nitrogens with zero attached hydrogens (tertiary/aromatic N) is 1. The highest BCUT2D eigenvalue weighted by molar-refractivity contribution is 6.08. The third kappa shape index (κ3) is 5.38. The molecule has 0 aromatic heterocycles. The van der Waals surface area contributed by atoms with E-state index in [2.05, 4.69) is 233 Å². The van der Waals surface area contributed by atoms with Crippen molar-refractivity contribution in [2.24, 2.45) is 0 Å². The fourth-order valence-corrected chi connectivity index (χ4v) is 10.3. The quantitative estimate of drug-likeness (QED) is 0.163. The lowest BCUT2D eigenvalue weighted by Crippen LogP contribution is -2.17. The molecule has 0 unspecified atom stereocenters. The SMILES string of the molecule is CC1(C)c2ccccc2-c2ccc(N(c3ccccc3-c3ccccc3)c3ccc(-c4ccc5c(c4)-c4c(-c6ccccc6)cccc4C5(C)C)c4ccccc34)cc21. The molecule has 0 saturated heterocycles. The zero-order valence-electron chi connectivity index (χ0n) is 34.0. The maximum atomic E-state index is 2.50. The Labute approximate surface area is 347 Å². The van der Waals surface area contributed by atoms with E-state index in [1.54, 1.807) is 0 Å². The lowest BCUT2D eigenvalue weighted by molar-refractivity contribution is 0.660. The molecule has 0 fully saturated rings. The molecule has 282 valence electrons. The van der Waals surface area contributed by atoms with Gasteiger partial charge in [-0.25, -0.2) is 0 Å². The second kappa shape index (κ2) is 13.3. The maximum Gasteiger partial charge on any atom is 0.0540 e. The van der Waals surface area contributed by atoms with Crippen LogP contribution in [0.4, 0.5) is 17.1 Å². The summed E-state index contributed by atoms with van der Waals surface area (Å²) in [6.45, 7) is 9.48. The Bertz CT molecular complexity index is 3100. The van der Waals surface area contributed by atoms with Crippen LogP contribution < -0.4 is 4.90 Å². The van der Waals surface area contributed by atoms with E-state index >= 15 is 0 Å². The third-order valence-corrected chi connectivity index (χ3v) is 13.3. The molecule has 0 saturated carbocycles. The molecular formula is C58H45N. The van der Waals surface area contributed by atoms with Crippen LogP contribution in [0.2, 0.25) is 0 Å². The Morgan fingerprint density at radius 2 is 0.864 bits per heavy atom. The lowest BCUT2D eigenvalue weighted by Gasteiger charge is -2.31. The van der Waals surface area contributed by atoms with Gasteiger partial charge in [0.15, 0.2) is 0 Å². The summed E-state index contributed by atoms with van der Waals surface area (Å²) in [4.78, 5) is 2.50. The van der Waals surface area contributed by atoms with Gasteiger partial charge < -0.3 is 4.90 Å². The largest absolute Gasteiger partial charge is 0.309 e. The molecule has 59 heavy (non-hydrogen) atoms. The summed E-state index contributed by atoms with van der Waals surface area (Å²) in [5, 5.41) is 2.44. The number of rotatable bonds is 6. The molecule has 0 bridgehead atoms. The van der Waals surface area contributed by atoms with Crippen molar-refractivity contribution >= 4 is 27.8 Å². The molecule has 1 heteroatoms. The Morgan fingerprint density at radius 1 is 0.305 bits per heavy atom. The Kier molecular flexibility index (Phi) is 7.94. The van der Waals surface area contributed by atoms with E-state index < -0.39 is 0 Å². The highest BCUT2D eigenvalue weighted by Crippen LogP contribution is 2.55.